The van der Waals surface area contributed by atoms with E-state index < -0.39 is 0 Å². The van der Waals surface area contributed by atoms with Crippen molar-refractivity contribution in [2.75, 3.05) is 0 Å². The van der Waals surface area contributed by atoms with Crippen LogP contribution in [-0.2, 0) is 0 Å². The molecule has 1 unspecified atom stereocenters. The first-order chi connectivity index (χ1) is 18.2. The van der Waals surface area contributed by atoms with Crippen LogP contribution in [0.3, 0.4) is 0 Å². The molecule has 1 atom stereocenters. The standard InChI is InChI=1S/C33H26O3Se/c34-33(26-18-22-30(23-19-26)36-28-12-6-2-7-13-28)32(24-37-31-14-8-3-9-15-31)25-16-20-29(21-17-25)35-27-10-4-1-5-11-27/h1-23,32H,24H2. The summed E-state index contributed by atoms with van der Waals surface area (Å²) in [5.41, 5.74) is 1.67. The van der Waals surface area contributed by atoms with Crippen molar-refractivity contribution < 1.29 is 14.3 Å². The van der Waals surface area contributed by atoms with Gasteiger partial charge in [0, 0.05) is 0 Å². The Balaban J connectivity index is 1.35. The predicted molar refractivity (Wildman–Crippen MR) is 150 cm³/mol. The summed E-state index contributed by atoms with van der Waals surface area (Å²) < 4.78 is 13.1. The molecule has 182 valence electrons. The van der Waals surface area contributed by atoms with Gasteiger partial charge in [-0.3, -0.25) is 0 Å². The average Bonchev–Trinajstić information content (AvgIpc) is 2.96. The van der Waals surface area contributed by atoms with E-state index in [0.717, 1.165) is 28.1 Å². The number of ether oxygens (including phenoxy) is 2. The molecular formula is C33H26O3Se. The van der Waals surface area contributed by atoms with Crippen LogP contribution in [0.1, 0.15) is 21.8 Å². The van der Waals surface area contributed by atoms with Crippen LogP contribution in [0.25, 0.3) is 0 Å². The van der Waals surface area contributed by atoms with E-state index in [2.05, 4.69) is 24.3 Å². The monoisotopic (exact) mass is 550 g/mol. The van der Waals surface area contributed by atoms with Crippen molar-refractivity contribution in [1.29, 1.82) is 0 Å². The SMILES string of the molecule is O=C(c1ccc(Oc2ccccc2)cc1)C(C[Se]c1ccccc1)c1ccc(Oc2ccccc2)cc1. The van der Waals surface area contributed by atoms with Crippen molar-refractivity contribution in [1.82, 2.24) is 0 Å². The normalized spacial score (nSPS) is 11.5. The molecule has 0 radical (unpaired) electrons. The molecule has 5 aromatic rings. The van der Waals surface area contributed by atoms with Gasteiger partial charge in [-0.15, -0.1) is 0 Å². The maximum atomic E-state index is 13.8. The van der Waals surface area contributed by atoms with E-state index in [1.165, 1.54) is 4.46 Å². The molecule has 0 N–H and O–H groups in total. The van der Waals surface area contributed by atoms with Gasteiger partial charge >= 0.3 is 224 Å². The first-order valence-corrected chi connectivity index (χ1v) is 14.2. The zero-order valence-corrected chi connectivity index (χ0v) is 21.9. The van der Waals surface area contributed by atoms with Gasteiger partial charge in [0.05, 0.1) is 0 Å². The van der Waals surface area contributed by atoms with E-state index in [1.807, 2.05) is 115 Å². The third-order valence-electron chi connectivity index (χ3n) is 5.86. The molecule has 37 heavy (non-hydrogen) atoms. The van der Waals surface area contributed by atoms with Crippen LogP contribution in [0.15, 0.2) is 140 Å². The third kappa shape index (κ3) is 6.77. The molecule has 0 aliphatic rings. The summed E-state index contributed by atoms with van der Waals surface area (Å²) >= 11 is 0.164. The average molecular weight is 550 g/mol. The Bertz CT molecular complexity index is 1400. The summed E-state index contributed by atoms with van der Waals surface area (Å²) in [6.07, 6.45) is 0. The predicted octanol–water partition coefficient (Wildman–Crippen LogP) is 7.69. The molecule has 4 heteroatoms. The second-order valence-electron chi connectivity index (χ2n) is 8.46. The van der Waals surface area contributed by atoms with Crippen LogP contribution in [0.4, 0.5) is 0 Å². The van der Waals surface area contributed by atoms with Gasteiger partial charge in [0.2, 0.25) is 0 Å². The van der Waals surface area contributed by atoms with E-state index in [-0.39, 0.29) is 26.7 Å². The first kappa shape index (κ1) is 24.6. The van der Waals surface area contributed by atoms with Gasteiger partial charge < -0.3 is 0 Å². The van der Waals surface area contributed by atoms with Crippen LogP contribution in [0.5, 0.6) is 23.0 Å². The molecule has 0 spiro atoms. The van der Waals surface area contributed by atoms with Crippen LogP contribution < -0.4 is 13.9 Å². The number of benzene rings is 5. The zero-order valence-electron chi connectivity index (χ0n) is 20.2. The van der Waals surface area contributed by atoms with E-state index in [4.69, 9.17) is 9.47 Å². The fraction of sp³-hybridized carbons (Fsp3) is 0.0606. The fourth-order valence-electron chi connectivity index (χ4n) is 3.93. The molecule has 5 aromatic carbocycles. The van der Waals surface area contributed by atoms with Gasteiger partial charge in [0.15, 0.2) is 0 Å². The van der Waals surface area contributed by atoms with Crippen LogP contribution in [-0.4, -0.2) is 20.7 Å². The van der Waals surface area contributed by atoms with Crippen LogP contribution >= 0.6 is 0 Å². The number of hydrogen-bond donors (Lipinski definition) is 0. The molecule has 0 amide bonds. The number of ketones is 1. The molecule has 0 heterocycles. The maximum absolute atomic E-state index is 13.8. The Hall–Kier alpha value is -4.11. The van der Waals surface area contributed by atoms with Crippen molar-refractivity contribution in [2.45, 2.75) is 11.2 Å². The number of carbonyl (C=O) groups is 1. The Labute approximate surface area is 223 Å². The summed E-state index contributed by atoms with van der Waals surface area (Å²) in [7, 11) is 0. The van der Waals surface area contributed by atoms with Crippen LogP contribution in [0.2, 0.25) is 5.32 Å². The molecule has 3 nitrogen and oxygen atoms in total. The first-order valence-electron chi connectivity index (χ1n) is 12.1. The Morgan fingerprint density at radius 2 is 0.973 bits per heavy atom. The number of hydrogen-bond acceptors (Lipinski definition) is 3. The number of para-hydroxylation sites is 2. The van der Waals surface area contributed by atoms with E-state index in [1.54, 1.807) is 0 Å². The zero-order chi connectivity index (χ0) is 25.3. The Morgan fingerprint density at radius 3 is 1.49 bits per heavy atom. The Morgan fingerprint density at radius 1 is 0.541 bits per heavy atom. The van der Waals surface area contributed by atoms with Gasteiger partial charge in [-0.25, -0.2) is 0 Å². The van der Waals surface area contributed by atoms with Crippen molar-refractivity contribution in [3.8, 4) is 23.0 Å². The molecule has 0 saturated heterocycles. The summed E-state index contributed by atoms with van der Waals surface area (Å²) in [6.45, 7) is 0. The summed E-state index contributed by atoms with van der Waals surface area (Å²) in [6, 6.07) is 45.0. The minimum atomic E-state index is -0.244. The van der Waals surface area contributed by atoms with E-state index in [0.29, 0.717) is 11.3 Å². The summed E-state index contributed by atoms with van der Waals surface area (Å²) in [5.74, 6) is 2.87. The van der Waals surface area contributed by atoms with Gasteiger partial charge in [0.1, 0.15) is 0 Å². The van der Waals surface area contributed by atoms with Gasteiger partial charge in [-0.05, 0) is 0 Å². The van der Waals surface area contributed by atoms with E-state index in [9.17, 15) is 4.79 Å². The molecule has 0 fully saturated rings. The number of carbonyl (C=O) groups excluding carboxylic acids is 1. The second-order valence-corrected chi connectivity index (χ2v) is 10.8. The quantitative estimate of drug-likeness (QED) is 0.132. The van der Waals surface area contributed by atoms with Gasteiger partial charge in [-0.2, -0.15) is 0 Å². The summed E-state index contributed by atoms with van der Waals surface area (Å²) in [4.78, 5) is 13.8. The van der Waals surface area contributed by atoms with Crippen molar-refractivity contribution in [3.63, 3.8) is 0 Å². The minimum absolute atomic E-state index is 0.112. The molecule has 0 bridgehead atoms. The molecule has 0 aliphatic heterocycles. The van der Waals surface area contributed by atoms with Crippen molar-refractivity contribution in [3.05, 3.63) is 151 Å². The second kappa shape index (κ2) is 12.2. The van der Waals surface area contributed by atoms with Crippen LogP contribution in [0, 0.1) is 0 Å². The fourth-order valence-corrected chi connectivity index (χ4v) is 6.13. The van der Waals surface area contributed by atoms with Crippen molar-refractivity contribution >= 4 is 25.2 Å². The molecular weight excluding hydrogens is 523 g/mol. The van der Waals surface area contributed by atoms with Gasteiger partial charge in [0.25, 0.3) is 0 Å². The molecule has 0 aromatic heterocycles. The third-order valence-corrected chi connectivity index (χ3v) is 8.17. The number of rotatable bonds is 10. The number of Topliss-reactive ketones (excluding diaryl/α,β-unsaturated/α-hetero) is 1. The topological polar surface area (TPSA) is 35.5 Å². The van der Waals surface area contributed by atoms with Gasteiger partial charge in [-0.1, -0.05) is 0 Å². The van der Waals surface area contributed by atoms with Crippen molar-refractivity contribution in [2.24, 2.45) is 0 Å². The van der Waals surface area contributed by atoms with E-state index >= 15 is 0 Å². The summed E-state index contributed by atoms with van der Waals surface area (Å²) in [5, 5.41) is 0.775. The Kier molecular flexibility index (Phi) is 8.12. The molecule has 5 rings (SSSR count). The molecule has 0 saturated carbocycles. The molecule has 0 aliphatic carbocycles.